The second-order valence-electron chi connectivity index (χ2n) is 8.97. The maximum absolute atomic E-state index is 13.0. The van der Waals surface area contributed by atoms with Gasteiger partial charge in [-0.05, 0) is 88.0 Å². The van der Waals surface area contributed by atoms with Crippen molar-refractivity contribution in [2.75, 3.05) is 25.0 Å². The Morgan fingerprint density at radius 1 is 1.09 bits per heavy atom. The Kier molecular flexibility index (Phi) is 7.51. The number of hydrogen-bond acceptors (Lipinski definition) is 4. The van der Waals surface area contributed by atoms with Crippen LogP contribution in [0.4, 0.5) is 5.00 Å². The lowest BCUT2D eigenvalue weighted by Gasteiger charge is -2.38. The first-order valence-corrected chi connectivity index (χ1v) is 12.7. The minimum absolute atomic E-state index is 0.0594. The molecule has 1 amide bonds. The molecule has 0 radical (unpaired) electrons. The number of amides is 1. The zero-order chi connectivity index (χ0) is 23.4. The van der Waals surface area contributed by atoms with Crippen molar-refractivity contribution in [1.82, 2.24) is 4.90 Å². The molecule has 1 atom stereocenters. The lowest BCUT2D eigenvalue weighted by molar-refractivity contribution is 0.102. The number of aryl methyl sites for hydroxylation is 1. The van der Waals surface area contributed by atoms with Crippen molar-refractivity contribution in [1.29, 1.82) is 0 Å². The summed E-state index contributed by atoms with van der Waals surface area (Å²) in [6.45, 7) is 11.5. The molecule has 1 aliphatic rings. The normalized spacial score (nSPS) is 15.9. The van der Waals surface area contributed by atoms with Crippen LogP contribution < -0.4 is 10.1 Å². The highest BCUT2D eigenvalue weighted by Gasteiger charge is 2.31. The number of benzene rings is 2. The van der Waals surface area contributed by atoms with Gasteiger partial charge in [-0.2, -0.15) is 0 Å². The first-order chi connectivity index (χ1) is 16.0. The van der Waals surface area contributed by atoms with Crippen LogP contribution in [0.5, 0.6) is 5.75 Å². The van der Waals surface area contributed by atoms with Crippen molar-refractivity contribution in [2.45, 2.75) is 46.6 Å². The predicted octanol–water partition coefficient (Wildman–Crippen LogP) is 6.84. The van der Waals surface area contributed by atoms with E-state index in [1.165, 1.54) is 34.4 Å². The second-order valence-corrected chi connectivity index (χ2v) is 10.2. The number of piperidine rings is 1. The van der Waals surface area contributed by atoms with E-state index in [1.54, 1.807) is 11.3 Å². The van der Waals surface area contributed by atoms with Crippen molar-refractivity contribution < 1.29 is 9.53 Å². The van der Waals surface area contributed by atoms with Crippen LogP contribution >= 0.6 is 11.3 Å². The number of hydrogen-bond donors (Lipinski definition) is 1. The molecule has 1 fully saturated rings. The average molecular weight is 463 g/mol. The average Bonchev–Trinajstić information content (AvgIpc) is 3.10. The first-order valence-electron chi connectivity index (χ1n) is 11.9. The summed E-state index contributed by atoms with van der Waals surface area (Å²) in [7, 11) is 0. The Labute approximate surface area is 201 Å². The zero-order valence-corrected chi connectivity index (χ0v) is 20.9. The van der Waals surface area contributed by atoms with Gasteiger partial charge in [-0.15, -0.1) is 11.3 Å². The number of ether oxygens (including phenoxy) is 1. The summed E-state index contributed by atoms with van der Waals surface area (Å²) < 4.78 is 5.69. The molecule has 0 unspecified atom stereocenters. The molecule has 2 heterocycles. The van der Waals surface area contributed by atoms with E-state index in [-0.39, 0.29) is 11.9 Å². The number of carbonyl (C=O) groups excluding carboxylic acids is 1. The Bertz CT molecular complexity index is 1070. The molecular weight excluding hydrogens is 428 g/mol. The Morgan fingerprint density at radius 2 is 1.76 bits per heavy atom. The van der Waals surface area contributed by atoms with Crippen molar-refractivity contribution in [3.05, 3.63) is 81.7 Å². The highest BCUT2D eigenvalue weighted by Crippen LogP contribution is 2.43. The fourth-order valence-electron chi connectivity index (χ4n) is 4.59. The monoisotopic (exact) mass is 462 g/mol. The summed E-state index contributed by atoms with van der Waals surface area (Å²) in [6, 6.07) is 18.1. The standard InChI is InChI=1S/C28H34N2O2S/c1-5-32-24-13-11-22(12-14-24)26(30-17-15-19(2)16-18-30)25-20(3)21(4)33-28(25)29-27(31)23-9-7-6-8-10-23/h6-14,19,26H,5,15-18H2,1-4H3,(H,29,31)/t26-/m1/s1. The first kappa shape index (κ1) is 23.5. The molecule has 4 rings (SSSR count). The Balaban J connectivity index is 1.74. The number of thiophene rings is 1. The molecule has 2 aromatic carbocycles. The fraction of sp³-hybridized carbons (Fsp3) is 0.393. The lowest BCUT2D eigenvalue weighted by Crippen LogP contribution is -2.37. The SMILES string of the molecule is CCOc1ccc([C@H](c2c(NC(=O)c3ccccc3)sc(C)c2C)N2CCC(C)CC2)cc1. The maximum Gasteiger partial charge on any atom is 0.256 e. The fourth-order valence-corrected chi connectivity index (χ4v) is 5.68. The van der Waals surface area contributed by atoms with Gasteiger partial charge in [0.15, 0.2) is 0 Å². The molecular formula is C28H34N2O2S. The van der Waals surface area contributed by atoms with Crippen molar-refractivity contribution in [3.8, 4) is 5.75 Å². The zero-order valence-electron chi connectivity index (χ0n) is 20.1. The Morgan fingerprint density at radius 3 is 2.39 bits per heavy atom. The van der Waals surface area contributed by atoms with Gasteiger partial charge in [-0.25, -0.2) is 0 Å². The van der Waals surface area contributed by atoms with Crippen LogP contribution in [-0.4, -0.2) is 30.5 Å². The minimum Gasteiger partial charge on any atom is -0.494 e. The van der Waals surface area contributed by atoms with Crippen LogP contribution in [0.2, 0.25) is 0 Å². The van der Waals surface area contributed by atoms with Crippen LogP contribution in [0.15, 0.2) is 54.6 Å². The van der Waals surface area contributed by atoms with E-state index in [0.717, 1.165) is 29.8 Å². The summed E-state index contributed by atoms with van der Waals surface area (Å²) in [5.41, 5.74) is 4.40. The van der Waals surface area contributed by atoms with E-state index >= 15 is 0 Å². The quantitative estimate of drug-likeness (QED) is 0.418. The third-order valence-electron chi connectivity index (χ3n) is 6.66. The van der Waals surface area contributed by atoms with Gasteiger partial charge in [-0.3, -0.25) is 9.69 Å². The van der Waals surface area contributed by atoms with Crippen molar-refractivity contribution in [2.24, 2.45) is 5.92 Å². The molecule has 3 aromatic rings. The molecule has 5 heteroatoms. The molecule has 4 nitrogen and oxygen atoms in total. The number of carbonyl (C=O) groups is 1. The van der Waals surface area contributed by atoms with Gasteiger partial charge < -0.3 is 10.1 Å². The number of likely N-dealkylation sites (tertiary alicyclic amines) is 1. The predicted molar refractivity (Wildman–Crippen MR) is 138 cm³/mol. The summed E-state index contributed by atoms with van der Waals surface area (Å²) in [5.74, 6) is 1.59. The number of rotatable bonds is 7. The summed E-state index contributed by atoms with van der Waals surface area (Å²) in [5, 5.41) is 4.20. The van der Waals surface area contributed by atoms with Gasteiger partial charge in [0.05, 0.1) is 12.6 Å². The largest absolute Gasteiger partial charge is 0.494 e. The van der Waals surface area contributed by atoms with E-state index in [9.17, 15) is 4.79 Å². The highest BCUT2D eigenvalue weighted by molar-refractivity contribution is 7.16. The molecule has 1 aliphatic heterocycles. The molecule has 174 valence electrons. The molecule has 0 spiro atoms. The van der Waals surface area contributed by atoms with E-state index in [1.807, 2.05) is 37.3 Å². The minimum atomic E-state index is -0.0594. The van der Waals surface area contributed by atoms with Gasteiger partial charge >= 0.3 is 0 Å². The van der Waals surface area contributed by atoms with Gasteiger partial charge in [0.2, 0.25) is 0 Å². The van der Waals surface area contributed by atoms with Crippen molar-refractivity contribution in [3.63, 3.8) is 0 Å². The topological polar surface area (TPSA) is 41.6 Å². The molecule has 0 aliphatic carbocycles. The maximum atomic E-state index is 13.0. The van der Waals surface area contributed by atoms with E-state index in [4.69, 9.17) is 4.74 Å². The van der Waals surface area contributed by atoms with Gasteiger partial charge in [0.25, 0.3) is 5.91 Å². The van der Waals surface area contributed by atoms with Gasteiger partial charge in [0.1, 0.15) is 10.8 Å². The molecule has 1 aromatic heterocycles. The highest BCUT2D eigenvalue weighted by atomic mass is 32.1. The van der Waals surface area contributed by atoms with E-state index < -0.39 is 0 Å². The number of anilines is 1. The Hall–Kier alpha value is -2.63. The van der Waals surface area contributed by atoms with Gasteiger partial charge in [0, 0.05) is 16.0 Å². The summed E-state index contributed by atoms with van der Waals surface area (Å²) in [6.07, 6.45) is 2.39. The van der Waals surface area contributed by atoms with Crippen LogP contribution in [0.3, 0.4) is 0 Å². The van der Waals surface area contributed by atoms with Crippen LogP contribution in [0, 0.1) is 19.8 Å². The van der Waals surface area contributed by atoms with E-state index in [0.29, 0.717) is 12.2 Å². The third-order valence-corrected chi connectivity index (χ3v) is 7.80. The van der Waals surface area contributed by atoms with Crippen LogP contribution in [0.1, 0.15) is 64.7 Å². The molecule has 0 bridgehead atoms. The lowest BCUT2D eigenvalue weighted by atomic mass is 9.91. The molecule has 0 saturated carbocycles. The van der Waals surface area contributed by atoms with Crippen LogP contribution in [0.25, 0.3) is 0 Å². The smallest absolute Gasteiger partial charge is 0.256 e. The summed E-state index contributed by atoms with van der Waals surface area (Å²) in [4.78, 5) is 16.9. The molecule has 1 N–H and O–H groups in total. The van der Waals surface area contributed by atoms with Crippen molar-refractivity contribution >= 4 is 22.2 Å². The second kappa shape index (κ2) is 10.5. The number of nitrogens with zero attached hydrogens (tertiary/aromatic N) is 1. The molecule has 1 saturated heterocycles. The summed E-state index contributed by atoms with van der Waals surface area (Å²) >= 11 is 1.68. The van der Waals surface area contributed by atoms with E-state index in [2.05, 4.69) is 55.3 Å². The molecule has 33 heavy (non-hydrogen) atoms. The third kappa shape index (κ3) is 5.31. The van der Waals surface area contributed by atoms with Crippen LogP contribution in [-0.2, 0) is 0 Å². The number of nitrogens with one attached hydrogen (secondary N) is 1. The van der Waals surface area contributed by atoms with Gasteiger partial charge in [-0.1, -0.05) is 37.3 Å².